The number of anilines is 1. The molecule has 0 saturated heterocycles. The maximum absolute atomic E-state index is 12.3. The number of nitrogens with zero attached hydrogens (tertiary/aromatic N) is 2. The number of hydrogen-bond donors (Lipinski definition) is 1. The second kappa shape index (κ2) is 8.05. The van der Waals surface area contributed by atoms with Gasteiger partial charge in [0.25, 0.3) is 0 Å². The van der Waals surface area contributed by atoms with E-state index in [9.17, 15) is 13.2 Å². The molecule has 0 aromatic heterocycles. The highest BCUT2D eigenvalue weighted by atomic mass is 32.2. The highest BCUT2D eigenvalue weighted by Gasteiger charge is 2.18. The van der Waals surface area contributed by atoms with Crippen molar-refractivity contribution in [3.63, 3.8) is 0 Å². The molecule has 0 heterocycles. The maximum Gasteiger partial charge on any atom is 0.316 e. The Morgan fingerprint density at radius 1 is 1.17 bits per heavy atom. The molecule has 0 bridgehead atoms. The third-order valence-corrected chi connectivity index (χ3v) is 4.80. The van der Waals surface area contributed by atoms with E-state index in [4.69, 9.17) is 4.74 Å². The summed E-state index contributed by atoms with van der Waals surface area (Å²) >= 11 is 0. The number of ether oxygens (including phenoxy) is 1. The van der Waals surface area contributed by atoms with Crippen LogP contribution in [-0.2, 0) is 10.0 Å². The van der Waals surface area contributed by atoms with Gasteiger partial charge in [0.15, 0.2) is 0 Å². The van der Waals surface area contributed by atoms with Crippen molar-refractivity contribution < 1.29 is 17.9 Å². The average Bonchev–Trinajstić information content (AvgIpc) is 2.46. The van der Waals surface area contributed by atoms with Gasteiger partial charge in [0.05, 0.1) is 17.5 Å². The van der Waals surface area contributed by atoms with Crippen LogP contribution in [0, 0.1) is 0 Å². The first kappa shape index (κ1) is 19.1. The van der Waals surface area contributed by atoms with E-state index >= 15 is 0 Å². The van der Waals surface area contributed by atoms with E-state index in [1.165, 1.54) is 16.3 Å². The number of nitrogens with one attached hydrogen (secondary N) is 1. The van der Waals surface area contributed by atoms with Crippen molar-refractivity contribution in [2.75, 3.05) is 37.7 Å². The molecular weight excluding hydrogens is 318 g/mol. The van der Waals surface area contributed by atoms with Crippen LogP contribution in [0.3, 0.4) is 0 Å². The molecule has 0 spiro atoms. The van der Waals surface area contributed by atoms with E-state index in [-0.39, 0.29) is 24.4 Å². The quantitative estimate of drug-likeness (QED) is 0.814. The molecule has 7 nitrogen and oxygen atoms in total. The predicted molar refractivity (Wildman–Crippen MR) is 91.5 cm³/mol. The van der Waals surface area contributed by atoms with Crippen LogP contribution in [0.2, 0.25) is 0 Å². The normalized spacial score (nSPS) is 11.2. The smallest absolute Gasteiger partial charge is 0.316 e. The molecule has 0 atom stereocenters. The Balaban J connectivity index is 2.67. The first-order valence-electron chi connectivity index (χ1n) is 7.32. The van der Waals surface area contributed by atoms with Gasteiger partial charge in [-0.2, -0.15) is 0 Å². The van der Waals surface area contributed by atoms with Crippen molar-refractivity contribution in [2.24, 2.45) is 0 Å². The zero-order chi connectivity index (χ0) is 17.6. The van der Waals surface area contributed by atoms with E-state index in [0.717, 1.165) is 0 Å². The number of carbonyl (C=O) groups excluding carboxylic acids is 1. The summed E-state index contributed by atoms with van der Waals surface area (Å²) in [6, 6.07) is 6.52. The van der Waals surface area contributed by atoms with Crippen molar-refractivity contribution in [2.45, 2.75) is 20.0 Å². The Labute approximate surface area is 138 Å². The molecule has 0 saturated carbocycles. The Kier molecular flexibility index (Phi) is 6.68. The molecule has 1 rings (SSSR count). The van der Waals surface area contributed by atoms with Crippen LogP contribution >= 0.6 is 0 Å². The summed E-state index contributed by atoms with van der Waals surface area (Å²) in [6.07, 6.45) is 0.0580. The van der Waals surface area contributed by atoms with Gasteiger partial charge in [0.1, 0.15) is 5.75 Å². The molecule has 2 amide bonds. The number of sulfonamides is 1. The third-order valence-electron chi connectivity index (χ3n) is 3.03. The summed E-state index contributed by atoms with van der Waals surface area (Å²) < 4.78 is 31.3. The summed E-state index contributed by atoms with van der Waals surface area (Å²) in [4.78, 5) is 12.7. The second-order valence-electron chi connectivity index (χ2n) is 5.57. The van der Waals surface area contributed by atoms with Gasteiger partial charge in [-0.15, -0.1) is 0 Å². The van der Waals surface area contributed by atoms with Crippen molar-refractivity contribution in [1.82, 2.24) is 10.2 Å². The Bertz CT molecular complexity index is 612. The highest BCUT2D eigenvalue weighted by molar-refractivity contribution is 7.92. The van der Waals surface area contributed by atoms with Crippen LogP contribution in [0.5, 0.6) is 5.75 Å². The number of rotatable bonds is 7. The Morgan fingerprint density at radius 3 is 2.22 bits per heavy atom. The van der Waals surface area contributed by atoms with E-state index in [1.807, 2.05) is 13.8 Å². The summed E-state index contributed by atoms with van der Waals surface area (Å²) in [6.45, 7) is 3.90. The topological polar surface area (TPSA) is 79.0 Å². The number of hydrogen-bond acceptors (Lipinski definition) is 4. The van der Waals surface area contributed by atoms with E-state index in [2.05, 4.69) is 5.32 Å². The number of benzene rings is 1. The molecule has 0 aliphatic rings. The zero-order valence-corrected chi connectivity index (χ0v) is 15.1. The Hall–Kier alpha value is -1.96. The van der Waals surface area contributed by atoms with Gasteiger partial charge in [-0.1, -0.05) is 0 Å². The molecule has 8 heteroatoms. The molecular formula is C15H25N3O4S. The van der Waals surface area contributed by atoms with Gasteiger partial charge in [-0.25, -0.2) is 13.2 Å². The summed E-state index contributed by atoms with van der Waals surface area (Å²) in [5, 5.41) is 2.54. The van der Waals surface area contributed by atoms with Gasteiger partial charge in [0.2, 0.25) is 10.0 Å². The molecule has 0 aliphatic carbocycles. The minimum atomic E-state index is -3.51. The monoisotopic (exact) mass is 343 g/mol. The van der Waals surface area contributed by atoms with Crippen molar-refractivity contribution in [3.05, 3.63) is 24.3 Å². The lowest BCUT2D eigenvalue weighted by atomic mass is 10.3. The maximum atomic E-state index is 12.3. The van der Waals surface area contributed by atoms with E-state index < -0.39 is 10.0 Å². The zero-order valence-electron chi connectivity index (χ0n) is 14.2. The minimum absolute atomic E-state index is 0.0538. The van der Waals surface area contributed by atoms with Crippen LogP contribution in [-0.4, -0.2) is 58.9 Å². The molecule has 0 fully saturated rings. The fraction of sp³-hybridized carbons (Fsp3) is 0.533. The molecule has 0 unspecified atom stereocenters. The fourth-order valence-corrected chi connectivity index (χ4v) is 2.83. The second-order valence-corrected chi connectivity index (χ2v) is 7.69. The predicted octanol–water partition coefficient (Wildman–Crippen LogP) is 1.51. The standard InChI is InChI=1S/C15H25N3O4S/c1-12(2)22-14-8-6-13(7-9-14)18(5)23(20,21)11-10-16-15(19)17(3)4/h6-9,12H,10-11H2,1-5H3,(H,16,19). The van der Waals surface area contributed by atoms with Crippen LogP contribution in [0.1, 0.15) is 13.8 Å². The van der Waals surface area contributed by atoms with Gasteiger partial charge >= 0.3 is 6.03 Å². The van der Waals surface area contributed by atoms with Gasteiger partial charge in [0, 0.05) is 27.7 Å². The molecule has 1 aromatic rings. The minimum Gasteiger partial charge on any atom is -0.491 e. The third kappa shape index (κ3) is 5.97. The molecule has 23 heavy (non-hydrogen) atoms. The summed E-state index contributed by atoms with van der Waals surface area (Å²) in [5.41, 5.74) is 0.542. The molecule has 1 N–H and O–H groups in total. The lowest BCUT2D eigenvalue weighted by molar-refractivity contribution is 0.218. The summed E-state index contributed by atoms with van der Waals surface area (Å²) in [5.74, 6) is 0.514. The Morgan fingerprint density at radius 2 is 1.74 bits per heavy atom. The lowest BCUT2D eigenvalue weighted by Gasteiger charge is -2.20. The van der Waals surface area contributed by atoms with E-state index in [1.54, 1.807) is 38.4 Å². The van der Waals surface area contributed by atoms with Gasteiger partial charge < -0.3 is 15.0 Å². The van der Waals surface area contributed by atoms with Gasteiger partial charge in [-0.3, -0.25) is 4.31 Å². The van der Waals surface area contributed by atoms with Crippen molar-refractivity contribution in [1.29, 1.82) is 0 Å². The number of urea groups is 1. The fourth-order valence-electron chi connectivity index (χ4n) is 1.75. The lowest BCUT2D eigenvalue weighted by Crippen LogP contribution is -2.39. The van der Waals surface area contributed by atoms with E-state index in [0.29, 0.717) is 11.4 Å². The largest absolute Gasteiger partial charge is 0.491 e. The van der Waals surface area contributed by atoms with Crippen LogP contribution in [0.15, 0.2) is 24.3 Å². The van der Waals surface area contributed by atoms with Crippen molar-refractivity contribution in [3.8, 4) is 5.75 Å². The SMILES string of the molecule is CC(C)Oc1ccc(N(C)S(=O)(=O)CCNC(=O)N(C)C)cc1. The number of amides is 2. The van der Waals surface area contributed by atoms with Gasteiger partial charge in [-0.05, 0) is 38.1 Å². The molecule has 0 aliphatic heterocycles. The number of carbonyl (C=O) groups is 1. The van der Waals surface area contributed by atoms with Crippen LogP contribution < -0.4 is 14.4 Å². The first-order chi connectivity index (χ1) is 10.6. The van der Waals surface area contributed by atoms with Crippen LogP contribution in [0.25, 0.3) is 0 Å². The molecule has 130 valence electrons. The summed E-state index contributed by atoms with van der Waals surface area (Å²) in [7, 11) is 1.16. The van der Waals surface area contributed by atoms with Crippen LogP contribution in [0.4, 0.5) is 10.5 Å². The highest BCUT2D eigenvalue weighted by Crippen LogP contribution is 2.21. The molecule has 0 radical (unpaired) electrons. The first-order valence-corrected chi connectivity index (χ1v) is 8.93. The average molecular weight is 343 g/mol. The molecule has 1 aromatic carbocycles. The van der Waals surface area contributed by atoms with Crippen molar-refractivity contribution >= 4 is 21.7 Å².